The van der Waals surface area contributed by atoms with Gasteiger partial charge in [-0.2, -0.15) is 0 Å². The number of amides is 1. The first kappa shape index (κ1) is 14.1. The van der Waals surface area contributed by atoms with E-state index in [1.165, 1.54) is 7.11 Å². The number of carbonyl (C=O) groups is 2. The van der Waals surface area contributed by atoms with Crippen LogP contribution in [0.2, 0.25) is 0 Å². The van der Waals surface area contributed by atoms with Crippen LogP contribution in [-0.4, -0.2) is 38.7 Å². The van der Waals surface area contributed by atoms with Crippen LogP contribution in [0.25, 0.3) is 0 Å². The molecule has 2 aliphatic heterocycles. The predicted molar refractivity (Wildman–Crippen MR) is 77.4 cm³/mol. The molecule has 112 valence electrons. The number of fused-ring (bicyclic) bond motifs is 1. The van der Waals surface area contributed by atoms with Gasteiger partial charge in [-0.25, -0.2) is 4.79 Å². The van der Waals surface area contributed by atoms with Crippen molar-refractivity contribution in [2.24, 2.45) is 5.92 Å². The van der Waals surface area contributed by atoms with Crippen LogP contribution < -0.4 is 4.90 Å². The first-order valence-corrected chi connectivity index (χ1v) is 7.31. The zero-order chi connectivity index (χ0) is 14.8. The monoisotopic (exact) mass is 289 g/mol. The van der Waals surface area contributed by atoms with E-state index in [0.29, 0.717) is 25.3 Å². The molecule has 0 aromatic heterocycles. The summed E-state index contributed by atoms with van der Waals surface area (Å²) in [5, 5.41) is 0. The molecule has 1 aromatic rings. The molecule has 0 aliphatic carbocycles. The minimum absolute atomic E-state index is 0.0602. The number of ether oxygens (including phenoxy) is 2. The second kappa shape index (κ2) is 5.85. The second-order valence-corrected chi connectivity index (χ2v) is 5.46. The van der Waals surface area contributed by atoms with Gasteiger partial charge in [-0.3, -0.25) is 4.79 Å². The molecule has 0 bridgehead atoms. The third kappa shape index (κ3) is 2.65. The van der Waals surface area contributed by atoms with E-state index in [-0.39, 0.29) is 17.8 Å². The Kier molecular flexibility index (Phi) is 3.92. The normalized spacial score (nSPS) is 18.4. The second-order valence-electron chi connectivity index (χ2n) is 5.46. The zero-order valence-corrected chi connectivity index (χ0v) is 12.1. The van der Waals surface area contributed by atoms with Crippen LogP contribution in [0.5, 0.6) is 0 Å². The van der Waals surface area contributed by atoms with Crippen molar-refractivity contribution < 1.29 is 19.1 Å². The summed E-state index contributed by atoms with van der Waals surface area (Å²) in [6.07, 6.45) is 2.38. The maximum atomic E-state index is 12.6. The minimum atomic E-state index is -0.341. The molecule has 2 heterocycles. The number of benzene rings is 1. The maximum Gasteiger partial charge on any atom is 0.337 e. The van der Waals surface area contributed by atoms with Gasteiger partial charge < -0.3 is 14.4 Å². The average molecular weight is 289 g/mol. The zero-order valence-electron chi connectivity index (χ0n) is 12.1. The predicted octanol–water partition coefficient (Wildman–Crippen LogP) is 1.79. The highest BCUT2D eigenvalue weighted by molar-refractivity contribution is 5.98. The Morgan fingerprint density at radius 3 is 2.76 bits per heavy atom. The van der Waals surface area contributed by atoms with Gasteiger partial charge >= 0.3 is 5.97 Å². The Bertz CT molecular complexity index is 563. The van der Waals surface area contributed by atoms with E-state index in [4.69, 9.17) is 9.47 Å². The van der Waals surface area contributed by atoms with Crippen LogP contribution in [0.1, 0.15) is 28.8 Å². The molecule has 0 saturated carbocycles. The molecule has 0 N–H and O–H groups in total. The lowest BCUT2D eigenvalue weighted by Gasteiger charge is -2.26. The third-order valence-electron chi connectivity index (χ3n) is 4.23. The molecule has 3 rings (SSSR count). The molecule has 1 saturated heterocycles. The molecule has 5 nitrogen and oxygen atoms in total. The minimum Gasteiger partial charge on any atom is -0.465 e. The summed E-state index contributed by atoms with van der Waals surface area (Å²) in [5.41, 5.74) is 2.51. The fraction of sp³-hybridized carbons (Fsp3) is 0.500. The number of nitrogens with zero attached hydrogens (tertiary/aromatic N) is 1. The van der Waals surface area contributed by atoms with E-state index in [1.807, 2.05) is 17.0 Å². The van der Waals surface area contributed by atoms with Crippen LogP contribution in [0, 0.1) is 5.92 Å². The van der Waals surface area contributed by atoms with Crippen LogP contribution >= 0.6 is 0 Å². The molecule has 0 atom stereocenters. The molecule has 0 radical (unpaired) electrons. The molecular weight excluding hydrogens is 270 g/mol. The number of anilines is 1. The summed E-state index contributed by atoms with van der Waals surface area (Å²) in [5.74, 6) is -0.0974. The number of rotatable bonds is 2. The molecule has 1 aromatic carbocycles. The van der Waals surface area contributed by atoms with Gasteiger partial charge in [0.2, 0.25) is 5.91 Å². The Hall–Kier alpha value is -1.88. The van der Waals surface area contributed by atoms with E-state index in [2.05, 4.69) is 0 Å². The molecule has 1 fully saturated rings. The number of esters is 1. The summed E-state index contributed by atoms with van der Waals surface area (Å²) in [4.78, 5) is 26.0. The average Bonchev–Trinajstić information content (AvgIpc) is 2.97. The smallest absolute Gasteiger partial charge is 0.337 e. The van der Waals surface area contributed by atoms with E-state index < -0.39 is 0 Å². The summed E-state index contributed by atoms with van der Waals surface area (Å²) in [6, 6.07) is 5.41. The molecule has 21 heavy (non-hydrogen) atoms. The SMILES string of the molecule is COC(=O)c1ccc2c(c1)CCN2C(=O)C1CCOCC1. The van der Waals surface area contributed by atoms with E-state index in [0.717, 1.165) is 30.5 Å². The largest absolute Gasteiger partial charge is 0.465 e. The van der Waals surface area contributed by atoms with Crippen molar-refractivity contribution >= 4 is 17.6 Å². The van der Waals surface area contributed by atoms with Gasteiger partial charge in [-0.05, 0) is 43.0 Å². The van der Waals surface area contributed by atoms with Gasteiger partial charge in [-0.1, -0.05) is 0 Å². The topological polar surface area (TPSA) is 55.8 Å². The van der Waals surface area contributed by atoms with Crippen LogP contribution in [0.4, 0.5) is 5.69 Å². The van der Waals surface area contributed by atoms with E-state index in [1.54, 1.807) is 6.07 Å². The molecular formula is C16H19NO4. The van der Waals surface area contributed by atoms with Crippen molar-refractivity contribution in [2.45, 2.75) is 19.3 Å². The fourth-order valence-electron chi connectivity index (χ4n) is 3.04. The number of hydrogen-bond donors (Lipinski definition) is 0. The van der Waals surface area contributed by atoms with Gasteiger partial charge in [0, 0.05) is 31.4 Å². The first-order valence-electron chi connectivity index (χ1n) is 7.31. The third-order valence-corrected chi connectivity index (χ3v) is 4.23. The van der Waals surface area contributed by atoms with Gasteiger partial charge in [-0.15, -0.1) is 0 Å². The highest BCUT2D eigenvalue weighted by Gasteiger charge is 2.31. The summed E-state index contributed by atoms with van der Waals surface area (Å²) in [7, 11) is 1.37. The Balaban J connectivity index is 1.80. The van der Waals surface area contributed by atoms with Crippen LogP contribution in [0.3, 0.4) is 0 Å². The van der Waals surface area contributed by atoms with E-state index >= 15 is 0 Å². The lowest BCUT2D eigenvalue weighted by molar-refractivity contribution is -0.125. The van der Waals surface area contributed by atoms with Crippen LogP contribution in [-0.2, 0) is 20.7 Å². The molecule has 5 heteroatoms. The molecule has 1 amide bonds. The van der Waals surface area contributed by atoms with Crippen molar-refractivity contribution in [1.29, 1.82) is 0 Å². The van der Waals surface area contributed by atoms with Crippen molar-refractivity contribution in [1.82, 2.24) is 0 Å². The molecule has 0 spiro atoms. The van der Waals surface area contributed by atoms with Gasteiger partial charge in [0.1, 0.15) is 0 Å². The highest BCUT2D eigenvalue weighted by Crippen LogP contribution is 2.31. The van der Waals surface area contributed by atoms with Crippen molar-refractivity contribution in [3.63, 3.8) is 0 Å². The van der Waals surface area contributed by atoms with Gasteiger partial charge in [0.05, 0.1) is 12.7 Å². The van der Waals surface area contributed by atoms with Crippen molar-refractivity contribution in [3.8, 4) is 0 Å². The Morgan fingerprint density at radius 2 is 2.05 bits per heavy atom. The molecule has 0 unspecified atom stereocenters. The van der Waals surface area contributed by atoms with E-state index in [9.17, 15) is 9.59 Å². The highest BCUT2D eigenvalue weighted by atomic mass is 16.5. The standard InChI is InChI=1S/C16H19NO4/c1-20-16(19)13-2-3-14-12(10-13)4-7-17(14)15(18)11-5-8-21-9-6-11/h2-3,10-11H,4-9H2,1H3. The Labute approximate surface area is 123 Å². The van der Waals surface area contributed by atoms with Crippen molar-refractivity contribution in [3.05, 3.63) is 29.3 Å². The number of hydrogen-bond acceptors (Lipinski definition) is 4. The molecule has 2 aliphatic rings. The van der Waals surface area contributed by atoms with Crippen molar-refractivity contribution in [2.75, 3.05) is 31.8 Å². The maximum absolute atomic E-state index is 12.6. The lowest BCUT2D eigenvalue weighted by Crippen LogP contribution is -2.37. The summed E-state index contributed by atoms with van der Waals surface area (Å²) in [6.45, 7) is 2.02. The van der Waals surface area contributed by atoms with Gasteiger partial charge in [0.15, 0.2) is 0 Å². The number of methoxy groups -OCH3 is 1. The summed E-state index contributed by atoms with van der Waals surface area (Å²) >= 11 is 0. The van der Waals surface area contributed by atoms with Crippen LogP contribution in [0.15, 0.2) is 18.2 Å². The fourth-order valence-corrected chi connectivity index (χ4v) is 3.04. The number of carbonyl (C=O) groups excluding carboxylic acids is 2. The van der Waals surface area contributed by atoms with Gasteiger partial charge in [0.25, 0.3) is 0 Å². The first-order chi connectivity index (χ1) is 10.2. The summed E-state index contributed by atoms with van der Waals surface area (Å²) < 4.78 is 10.0. The quantitative estimate of drug-likeness (QED) is 0.779. The lowest BCUT2D eigenvalue weighted by atomic mass is 9.98. The Morgan fingerprint density at radius 1 is 1.29 bits per heavy atom.